The fourth-order valence-electron chi connectivity index (χ4n) is 10.2. The zero-order chi connectivity index (χ0) is 58.3. The standard InChI is InChI=1S/C53H63ClN10O17/c1-2-53(78)30-15-35-45-28(20-64(35)51(76)29(30)22-80-52(53)77)44-32(10-8-26-13-27(54)14-33(63-45)43(26)44)61-42(70)23-79-24-60-40(68)18-59-50(75)34(12-25-6-4-3-5-7-25)62-41(69)19-57-39(67)17-58-49(74)31(55)9-11-38(66)56-16-36-46(71)48(73)47(72)37(21-65)81-36/h3-7,13-15,31-32,34,36-37,46-48,65,71-73,78H,2,8-12,16-24,55H2,1H3,(H,56,66)(H,57,67)(H,58,74)(H,59,75)(H,60,68)(H,61,70)(H,62,69)/t31-,32-,34-,36-,37+,46-,47+,48+,53-/m0/s1. The molecular weight excluding hydrogens is 1080 g/mol. The second-order valence-corrected chi connectivity index (χ2v) is 20.4. The summed E-state index contributed by atoms with van der Waals surface area (Å²) < 4.78 is 17.6. The third-order valence-corrected chi connectivity index (χ3v) is 14.8. The van der Waals surface area contributed by atoms with Gasteiger partial charge in [0.05, 0.1) is 67.3 Å². The van der Waals surface area contributed by atoms with E-state index in [2.05, 4.69) is 37.2 Å². The number of pyridine rings is 2. The number of aryl methyl sites for hydroxylation is 1. The monoisotopic (exact) mass is 1150 g/mol. The molecule has 7 amide bonds. The summed E-state index contributed by atoms with van der Waals surface area (Å²) in [5.74, 6) is -5.77. The van der Waals surface area contributed by atoms with Crippen LogP contribution in [0, 0.1) is 0 Å². The number of carbonyl (C=O) groups is 8. The van der Waals surface area contributed by atoms with Gasteiger partial charge in [-0.3, -0.25) is 38.4 Å². The van der Waals surface area contributed by atoms with Gasteiger partial charge in [-0.05, 0) is 60.6 Å². The molecule has 14 N–H and O–H groups in total. The van der Waals surface area contributed by atoms with E-state index in [1.807, 2.05) is 6.07 Å². The van der Waals surface area contributed by atoms with E-state index in [1.54, 1.807) is 49.4 Å². The fraction of sp³-hybridized carbons (Fsp3) is 0.472. The number of esters is 1. The molecular formula is C53H63ClN10O17. The smallest absolute Gasteiger partial charge is 0.343 e. The third-order valence-electron chi connectivity index (χ3n) is 14.6. The summed E-state index contributed by atoms with van der Waals surface area (Å²) in [7, 11) is 0. The van der Waals surface area contributed by atoms with Gasteiger partial charge in [0, 0.05) is 40.9 Å². The highest BCUT2D eigenvalue weighted by molar-refractivity contribution is 6.31. The van der Waals surface area contributed by atoms with Crippen molar-refractivity contribution in [1.82, 2.24) is 46.8 Å². The summed E-state index contributed by atoms with van der Waals surface area (Å²) in [4.78, 5) is 122. The second-order valence-electron chi connectivity index (χ2n) is 20.0. The van der Waals surface area contributed by atoms with Crippen LogP contribution in [-0.2, 0) is 84.2 Å². The molecule has 3 aliphatic heterocycles. The van der Waals surface area contributed by atoms with Crippen molar-refractivity contribution in [2.75, 3.05) is 46.1 Å². The van der Waals surface area contributed by atoms with E-state index < -0.39 is 147 Å². The minimum Gasteiger partial charge on any atom is -0.458 e. The third kappa shape index (κ3) is 13.5. The summed E-state index contributed by atoms with van der Waals surface area (Å²) in [5, 5.41) is 69.5. The maximum absolute atomic E-state index is 14.0. The highest BCUT2D eigenvalue weighted by Gasteiger charge is 2.46. The Hall–Kier alpha value is -7.47. The molecule has 434 valence electrons. The maximum atomic E-state index is 14.0. The number of carbonyl (C=O) groups excluding carboxylic acids is 8. The first-order valence-electron chi connectivity index (χ1n) is 26.1. The van der Waals surface area contributed by atoms with Crippen LogP contribution in [0.25, 0.3) is 22.3 Å². The van der Waals surface area contributed by atoms with E-state index in [4.69, 9.17) is 36.5 Å². The van der Waals surface area contributed by atoms with Crippen LogP contribution in [0.4, 0.5) is 0 Å². The zero-order valence-corrected chi connectivity index (χ0v) is 44.6. The first kappa shape index (κ1) is 59.6. The van der Waals surface area contributed by atoms with Gasteiger partial charge in [0.2, 0.25) is 41.4 Å². The Morgan fingerprint density at radius 3 is 2.30 bits per heavy atom. The number of aliphatic hydroxyl groups excluding tert-OH is 4. The van der Waals surface area contributed by atoms with Gasteiger partial charge in [-0.2, -0.15) is 0 Å². The average Bonchev–Trinajstić information content (AvgIpc) is 4.07. The molecule has 0 saturated carbocycles. The molecule has 2 aromatic carbocycles. The van der Waals surface area contributed by atoms with Gasteiger partial charge in [-0.1, -0.05) is 48.9 Å². The highest BCUT2D eigenvalue weighted by atomic mass is 35.5. The van der Waals surface area contributed by atoms with Crippen LogP contribution >= 0.6 is 11.6 Å². The highest BCUT2D eigenvalue weighted by Crippen LogP contribution is 2.45. The number of nitrogens with one attached hydrogen (secondary N) is 7. The molecule has 2 aromatic heterocycles. The number of nitrogens with zero attached hydrogens (tertiary/aromatic N) is 2. The molecule has 4 aromatic rings. The minimum atomic E-state index is -2.03. The number of hydrogen-bond acceptors (Lipinski definition) is 19. The lowest BCUT2D eigenvalue weighted by Crippen LogP contribution is -2.60. The van der Waals surface area contributed by atoms with Crippen molar-refractivity contribution in [2.24, 2.45) is 5.73 Å². The van der Waals surface area contributed by atoms with E-state index in [0.717, 1.165) is 16.5 Å². The van der Waals surface area contributed by atoms with Crippen LogP contribution < -0.4 is 48.5 Å². The number of hydrogen-bond donors (Lipinski definition) is 13. The van der Waals surface area contributed by atoms with E-state index in [0.29, 0.717) is 45.9 Å². The lowest BCUT2D eigenvalue weighted by Gasteiger charge is -2.40. The Morgan fingerprint density at radius 1 is 0.864 bits per heavy atom. The molecule has 0 bridgehead atoms. The normalized spacial score (nSPS) is 22.1. The Bertz CT molecular complexity index is 3160. The Labute approximate surface area is 466 Å². The molecule has 0 spiro atoms. The second kappa shape index (κ2) is 26.0. The minimum absolute atomic E-state index is 0.00568. The number of aliphatic hydroxyl groups is 5. The zero-order valence-electron chi connectivity index (χ0n) is 43.8. The van der Waals surface area contributed by atoms with Crippen molar-refractivity contribution in [2.45, 2.75) is 113 Å². The number of benzene rings is 2. The number of amides is 7. The predicted molar refractivity (Wildman–Crippen MR) is 283 cm³/mol. The SMILES string of the molecule is CC[C@@]1(O)C(=O)OCc2c1cc1n(c2=O)Cc2c-1nc1cc(Cl)cc3c1c2[C@@H](NC(=O)COCNC(=O)CNC(=O)[C@H](Cc1ccccc1)NC(=O)CNC(=O)CNC(=O)[C@@H](N)CCC(=O)NC[C@@H]1O[C@H](CO)[C@@H](O)[C@H](O)[C@H]1O)CC3. The van der Waals surface area contributed by atoms with Crippen molar-refractivity contribution in [3.8, 4) is 11.4 Å². The number of cyclic esters (lactones) is 1. The number of fused-ring (bicyclic) bond motifs is 5. The fourth-order valence-corrected chi connectivity index (χ4v) is 10.5. The number of nitrogens with two attached hydrogens (primary N) is 1. The number of halogens is 1. The van der Waals surface area contributed by atoms with Gasteiger partial charge in [0.15, 0.2) is 5.60 Å². The molecule has 0 unspecified atom stereocenters. The molecule has 28 heteroatoms. The number of ether oxygens (including phenoxy) is 3. The van der Waals surface area contributed by atoms with E-state index in [9.17, 15) is 68.7 Å². The topological polar surface area (TPSA) is 411 Å². The lowest BCUT2D eigenvalue weighted by molar-refractivity contribution is -0.227. The van der Waals surface area contributed by atoms with Crippen molar-refractivity contribution in [3.63, 3.8) is 0 Å². The van der Waals surface area contributed by atoms with Crippen molar-refractivity contribution >= 4 is 69.8 Å². The van der Waals surface area contributed by atoms with Crippen molar-refractivity contribution in [1.29, 1.82) is 0 Å². The summed E-state index contributed by atoms with van der Waals surface area (Å²) in [6, 6.07) is 10.8. The Morgan fingerprint density at radius 2 is 1.57 bits per heavy atom. The summed E-state index contributed by atoms with van der Waals surface area (Å²) >= 11 is 6.54. The maximum Gasteiger partial charge on any atom is 0.343 e. The van der Waals surface area contributed by atoms with E-state index in [1.165, 1.54) is 4.57 Å². The molecule has 5 heterocycles. The van der Waals surface area contributed by atoms with Crippen LogP contribution in [0.2, 0.25) is 5.02 Å². The van der Waals surface area contributed by atoms with Crippen LogP contribution in [0.3, 0.4) is 0 Å². The van der Waals surface area contributed by atoms with Crippen LogP contribution in [0.1, 0.15) is 72.0 Å². The summed E-state index contributed by atoms with van der Waals surface area (Å²) in [6.07, 6.45) is -6.50. The van der Waals surface area contributed by atoms with Gasteiger partial charge >= 0.3 is 5.97 Å². The van der Waals surface area contributed by atoms with E-state index >= 15 is 0 Å². The van der Waals surface area contributed by atoms with Gasteiger partial charge in [-0.25, -0.2) is 9.78 Å². The molecule has 1 saturated heterocycles. The van der Waals surface area contributed by atoms with Crippen molar-refractivity contribution < 1.29 is 78.1 Å². The molecule has 9 atom stereocenters. The number of aromatic nitrogens is 2. The predicted octanol–water partition coefficient (Wildman–Crippen LogP) is -3.93. The molecule has 4 aliphatic rings. The van der Waals surface area contributed by atoms with Crippen LogP contribution in [-0.4, -0.2) is 171 Å². The quantitative estimate of drug-likeness (QED) is 0.0169. The first-order valence-corrected chi connectivity index (χ1v) is 26.5. The molecule has 1 fully saturated rings. The van der Waals surface area contributed by atoms with Crippen LogP contribution in [0.15, 0.2) is 53.3 Å². The molecule has 1 aliphatic carbocycles. The average molecular weight is 1150 g/mol. The largest absolute Gasteiger partial charge is 0.458 e. The van der Waals surface area contributed by atoms with Gasteiger partial charge in [0.25, 0.3) is 5.56 Å². The summed E-state index contributed by atoms with van der Waals surface area (Å²) in [5.41, 5.74) is 8.07. The number of rotatable bonds is 23. The molecule has 27 nitrogen and oxygen atoms in total. The molecule has 8 rings (SSSR count). The van der Waals surface area contributed by atoms with Crippen LogP contribution in [0.5, 0.6) is 0 Å². The van der Waals surface area contributed by atoms with E-state index in [-0.39, 0.29) is 56.5 Å². The molecule has 81 heavy (non-hydrogen) atoms. The van der Waals surface area contributed by atoms with Gasteiger partial charge in [-0.15, -0.1) is 0 Å². The van der Waals surface area contributed by atoms with Gasteiger partial charge < -0.3 is 87.3 Å². The summed E-state index contributed by atoms with van der Waals surface area (Å²) in [6.45, 7) is -2.17. The van der Waals surface area contributed by atoms with Crippen molar-refractivity contribution in [3.05, 3.63) is 97.3 Å². The molecule has 0 radical (unpaired) electrons. The lowest BCUT2D eigenvalue weighted by atomic mass is 9.83. The first-order chi connectivity index (χ1) is 38.7. The van der Waals surface area contributed by atoms with Gasteiger partial charge in [0.1, 0.15) is 56.5 Å². The Kier molecular flexibility index (Phi) is 19.1. The Balaban J connectivity index is 0.775.